The summed E-state index contributed by atoms with van der Waals surface area (Å²) in [7, 11) is 0.722. The second-order valence-electron chi connectivity index (χ2n) is 4.36. The van der Waals surface area contributed by atoms with Gasteiger partial charge in [0.05, 0.1) is 5.69 Å². The molecule has 0 aliphatic rings. The van der Waals surface area contributed by atoms with Crippen LogP contribution in [0.3, 0.4) is 0 Å². The van der Waals surface area contributed by atoms with Crippen LogP contribution in [-0.2, 0) is 0 Å². The Morgan fingerprint density at radius 1 is 1.10 bits per heavy atom. The predicted octanol–water partition coefficient (Wildman–Crippen LogP) is 2.16. The van der Waals surface area contributed by atoms with Crippen molar-refractivity contribution in [3.8, 4) is 17.1 Å². The van der Waals surface area contributed by atoms with Crippen LogP contribution >= 0.6 is 8.58 Å². The number of hydrogen-bond donors (Lipinski definition) is 1. The third-order valence-electron chi connectivity index (χ3n) is 3.04. The summed E-state index contributed by atoms with van der Waals surface area (Å²) in [5, 5.41) is 5.63. The zero-order valence-corrected chi connectivity index (χ0v) is 12.0. The zero-order chi connectivity index (χ0) is 13.9. The summed E-state index contributed by atoms with van der Waals surface area (Å²) in [4.78, 5) is 14.8. The van der Waals surface area contributed by atoms with Gasteiger partial charge in [-0.25, -0.2) is 4.79 Å². The largest absolute Gasteiger partial charge is 0.348 e. The van der Waals surface area contributed by atoms with Gasteiger partial charge in [0.15, 0.2) is 5.82 Å². The van der Waals surface area contributed by atoms with Gasteiger partial charge in [-0.2, -0.15) is 4.68 Å². The summed E-state index contributed by atoms with van der Waals surface area (Å²) in [6.07, 6.45) is 0. The molecule has 0 saturated carbocycles. The molecule has 1 heterocycles. The van der Waals surface area contributed by atoms with E-state index in [2.05, 4.69) is 28.9 Å². The van der Waals surface area contributed by atoms with Crippen LogP contribution in [0.2, 0.25) is 0 Å². The highest BCUT2D eigenvalue weighted by Crippen LogP contribution is 2.15. The van der Waals surface area contributed by atoms with Crippen LogP contribution in [0.4, 0.5) is 0 Å². The zero-order valence-electron chi connectivity index (χ0n) is 11.0. The third-order valence-corrected chi connectivity index (χ3v) is 3.93. The molecule has 0 spiro atoms. The summed E-state index contributed by atoms with van der Waals surface area (Å²) >= 11 is 0. The maximum Gasteiger partial charge on any atom is 0.348 e. The molecule has 1 unspecified atom stereocenters. The molecule has 3 rings (SSSR count). The molecule has 20 heavy (non-hydrogen) atoms. The van der Waals surface area contributed by atoms with Crippen molar-refractivity contribution in [1.29, 1.82) is 0 Å². The van der Waals surface area contributed by atoms with Crippen LogP contribution in [0.5, 0.6) is 0 Å². The minimum atomic E-state index is -0.226. The Morgan fingerprint density at radius 2 is 1.90 bits per heavy atom. The predicted molar refractivity (Wildman–Crippen MR) is 83.5 cm³/mol. The second-order valence-corrected chi connectivity index (χ2v) is 5.43. The quantitative estimate of drug-likeness (QED) is 0.749. The lowest BCUT2D eigenvalue weighted by atomic mass is 10.2. The van der Waals surface area contributed by atoms with Gasteiger partial charge in [-0.1, -0.05) is 45.0 Å². The average Bonchev–Trinajstić information content (AvgIpc) is 2.90. The van der Waals surface area contributed by atoms with E-state index in [0.717, 1.165) is 19.8 Å². The second kappa shape index (κ2) is 5.43. The molecule has 1 N–H and O–H groups in total. The Morgan fingerprint density at radius 3 is 2.65 bits per heavy atom. The first-order valence-corrected chi connectivity index (χ1v) is 7.81. The third kappa shape index (κ3) is 2.43. The normalized spacial score (nSPS) is 11.2. The van der Waals surface area contributed by atoms with Crippen LogP contribution in [0.1, 0.15) is 0 Å². The monoisotopic (exact) mass is 283 g/mol. The number of nitrogens with one attached hydrogen (secondary N) is 1. The van der Waals surface area contributed by atoms with Gasteiger partial charge in [-0.05, 0) is 30.2 Å². The molecular weight excluding hydrogens is 269 g/mol. The maximum atomic E-state index is 12.0. The molecule has 1 atom stereocenters. The summed E-state index contributed by atoms with van der Waals surface area (Å²) in [5.41, 5.74) is 1.47. The molecule has 0 aliphatic carbocycles. The number of aromatic amines is 1. The Balaban J connectivity index is 2.07. The highest BCUT2D eigenvalue weighted by Gasteiger charge is 2.08. The Kier molecular flexibility index (Phi) is 3.48. The minimum absolute atomic E-state index is 0.226. The Bertz CT molecular complexity index is 777. The number of aromatic nitrogens is 3. The Hall–Kier alpha value is -2.19. The van der Waals surface area contributed by atoms with Crippen molar-refractivity contribution < 1.29 is 0 Å². The average molecular weight is 283 g/mol. The number of H-pyrrole nitrogens is 1. The lowest BCUT2D eigenvalue weighted by Gasteiger charge is -2.00. The van der Waals surface area contributed by atoms with Gasteiger partial charge in [0.1, 0.15) is 0 Å². The molecular formula is C15H14N3OP. The fourth-order valence-electron chi connectivity index (χ4n) is 2.02. The molecule has 0 amide bonds. The van der Waals surface area contributed by atoms with E-state index in [4.69, 9.17) is 0 Å². The van der Waals surface area contributed by atoms with Gasteiger partial charge < -0.3 is 0 Å². The number of para-hydroxylation sites is 1. The molecule has 0 aliphatic heterocycles. The van der Waals surface area contributed by atoms with Crippen LogP contribution < -0.4 is 11.0 Å². The molecule has 1 aromatic heterocycles. The van der Waals surface area contributed by atoms with Gasteiger partial charge in [0.2, 0.25) is 0 Å². The van der Waals surface area contributed by atoms with E-state index in [1.165, 1.54) is 9.99 Å². The fraction of sp³-hybridized carbons (Fsp3) is 0.0667. The molecule has 5 heteroatoms. The van der Waals surface area contributed by atoms with Crippen LogP contribution in [-0.4, -0.2) is 21.4 Å². The topological polar surface area (TPSA) is 50.7 Å². The molecule has 0 saturated heterocycles. The number of benzene rings is 2. The molecule has 3 aromatic rings. The standard InChI is InChI=1S/C15H14N3OP/c1-20-13-9-5-6-11(10-13)14-16-15(19)18(17-14)12-7-3-2-4-8-12/h2-10,20H,1H3,(H,16,17,19). The summed E-state index contributed by atoms with van der Waals surface area (Å²) in [6, 6.07) is 17.5. The number of hydrogen-bond acceptors (Lipinski definition) is 2. The van der Waals surface area contributed by atoms with E-state index in [-0.39, 0.29) is 5.69 Å². The van der Waals surface area contributed by atoms with Crippen LogP contribution in [0.25, 0.3) is 17.1 Å². The van der Waals surface area contributed by atoms with Crippen molar-refractivity contribution in [3.05, 3.63) is 65.1 Å². The van der Waals surface area contributed by atoms with Crippen molar-refractivity contribution >= 4 is 13.9 Å². The number of nitrogens with zero attached hydrogens (tertiary/aromatic N) is 2. The smallest absolute Gasteiger partial charge is 0.288 e. The van der Waals surface area contributed by atoms with Gasteiger partial charge in [0.25, 0.3) is 0 Å². The first-order chi connectivity index (χ1) is 9.78. The van der Waals surface area contributed by atoms with Crippen molar-refractivity contribution in [2.24, 2.45) is 0 Å². The highest BCUT2D eigenvalue weighted by atomic mass is 31.1. The van der Waals surface area contributed by atoms with Gasteiger partial charge in [-0.3, -0.25) is 4.98 Å². The maximum absolute atomic E-state index is 12.0. The number of rotatable bonds is 3. The molecule has 0 fully saturated rings. The summed E-state index contributed by atoms with van der Waals surface area (Å²) in [6.45, 7) is 2.13. The Labute approximate surface area is 118 Å². The SMILES string of the molecule is CPc1cccc(-c2nn(-c3ccccc3)c(=O)[nH]2)c1. The lowest BCUT2D eigenvalue weighted by molar-refractivity contribution is 0.845. The van der Waals surface area contributed by atoms with E-state index in [9.17, 15) is 4.79 Å². The van der Waals surface area contributed by atoms with Gasteiger partial charge in [0, 0.05) is 5.56 Å². The van der Waals surface area contributed by atoms with Crippen LogP contribution in [0.15, 0.2) is 59.4 Å². The van der Waals surface area contributed by atoms with E-state index in [0.29, 0.717) is 5.82 Å². The molecule has 0 radical (unpaired) electrons. The summed E-state index contributed by atoms with van der Waals surface area (Å²) < 4.78 is 1.39. The fourth-order valence-corrected chi connectivity index (χ4v) is 2.58. The minimum Gasteiger partial charge on any atom is -0.288 e. The molecule has 2 aromatic carbocycles. The van der Waals surface area contributed by atoms with Crippen molar-refractivity contribution in [2.75, 3.05) is 6.66 Å². The van der Waals surface area contributed by atoms with E-state index < -0.39 is 0 Å². The van der Waals surface area contributed by atoms with Crippen molar-refractivity contribution in [1.82, 2.24) is 14.8 Å². The van der Waals surface area contributed by atoms with E-state index >= 15 is 0 Å². The lowest BCUT2D eigenvalue weighted by Crippen LogP contribution is -2.15. The van der Waals surface area contributed by atoms with Crippen LogP contribution in [0, 0.1) is 0 Å². The molecule has 0 bridgehead atoms. The van der Waals surface area contributed by atoms with E-state index in [1.807, 2.05) is 42.5 Å². The van der Waals surface area contributed by atoms with Crippen molar-refractivity contribution in [2.45, 2.75) is 0 Å². The molecule has 100 valence electrons. The van der Waals surface area contributed by atoms with E-state index in [1.54, 1.807) is 0 Å². The first-order valence-electron chi connectivity index (χ1n) is 6.31. The van der Waals surface area contributed by atoms with Crippen molar-refractivity contribution in [3.63, 3.8) is 0 Å². The summed E-state index contributed by atoms with van der Waals surface area (Å²) in [5.74, 6) is 0.596. The highest BCUT2D eigenvalue weighted by molar-refractivity contribution is 7.46. The molecule has 4 nitrogen and oxygen atoms in total. The first kappa shape index (κ1) is 12.8. The van der Waals surface area contributed by atoms with Gasteiger partial charge >= 0.3 is 5.69 Å². The van der Waals surface area contributed by atoms with Gasteiger partial charge in [-0.15, -0.1) is 5.10 Å².